The van der Waals surface area contributed by atoms with E-state index in [0.717, 1.165) is 6.07 Å². The molecule has 1 N–H and O–H groups in total. The van der Waals surface area contributed by atoms with Crippen molar-refractivity contribution in [2.75, 3.05) is 11.9 Å². The molecule has 0 aliphatic carbocycles. The molecule has 0 unspecified atom stereocenters. The minimum Gasteiger partial charge on any atom is -0.452 e. The normalized spacial score (nSPS) is 10.6. The molecule has 1 heterocycles. The van der Waals surface area contributed by atoms with Crippen molar-refractivity contribution in [3.05, 3.63) is 59.2 Å². The van der Waals surface area contributed by atoms with E-state index in [-0.39, 0.29) is 10.6 Å². The minimum absolute atomic E-state index is 0.120. The molecule has 3 aromatic rings. The number of rotatable bonds is 4. The van der Waals surface area contributed by atoms with E-state index < -0.39 is 24.3 Å². The zero-order valence-corrected chi connectivity index (χ0v) is 12.8. The van der Waals surface area contributed by atoms with E-state index in [1.54, 1.807) is 6.07 Å². The fourth-order valence-electron chi connectivity index (χ4n) is 1.97. The van der Waals surface area contributed by atoms with E-state index in [0.29, 0.717) is 16.8 Å². The summed E-state index contributed by atoms with van der Waals surface area (Å²) < 4.78 is 23.1. The predicted octanol–water partition coefficient (Wildman–Crippen LogP) is 3.42. The molecule has 122 valence electrons. The Bertz CT molecular complexity index is 925. The van der Waals surface area contributed by atoms with Gasteiger partial charge in [-0.05, 0) is 36.4 Å². The van der Waals surface area contributed by atoms with Crippen LogP contribution in [0, 0.1) is 5.82 Å². The largest absolute Gasteiger partial charge is 0.452 e. The molecule has 0 spiro atoms. The van der Waals surface area contributed by atoms with Crippen molar-refractivity contribution in [3.8, 4) is 0 Å². The van der Waals surface area contributed by atoms with Crippen LogP contribution in [0.1, 0.15) is 10.4 Å². The topological polar surface area (TPSA) is 81.4 Å². The summed E-state index contributed by atoms with van der Waals surface area (Å²) in [6.07, 6.45) is 1.26. The van der Waals surface area contributed by atoms with E-state index in [1.165, 1.54) is 30.7 Å². The van der Waals surface area contributed by atoms with Gasteiger partial charge in [0.1, 0.15) is 11.3 Å². The van der Waals surface area contributed by atoms with Crippen molar-refractivity contribution >= 4 is 40.3 Å². The highest BCUT2D eigenvalue weighted by Crippen LogP contribution is 2.19. The van der Waals surface area contributed by atoms with E-state index in [9.17, 15) is 14.0 Å². The molecule has 0 bridgehead atoms. The molecule has 0 aliphatic heterocycles. The van der Waals surface area contributed by atoms with Crippen LogP contribution < -0.4 is 5.32 Å². The molecule has 0 saturated carbocycles. The fraction of sp³-hybridized carbons (Fsp3) is 0.0625. The van der Waals surface area contributed by atoms with Gasteiger partial charge < -0.3 is 14.5 Å². The summed E-state index contributed by atoms with van der Waals surface area (Å²) in [6.45, 7) is -0.498. The molecule has 3 rings (SSSR count). The van der Waals surface area contributed by atoms with Gasteiger partial charge in [-0.25, -0.2) is 14.2 Å². The molecule has 0 fully saturated rings. The number of benzene rings is 2. The number of aromatic nitrogens is 1. The van der Waals surface area contributed by atoms with E-state index in [4.69, 9.17) is 20.8 Å². The van der Waals surface area contributed by atoms with Gasteiger partial charge in [-0.15, -0.1) is 0 Å². The summed E-state index contributed by atoms with van der Waals surface area (Å²) >= 11 is 5.62. The van der Waals surface area contributed by atoms with Gasteiger partial charge in [0.25, 0.3) is 5.91 Å². The third kappa shape index (κ3) is 3.52. The average molecular weight is 349 g/mol. The average Bonchev–Trinajstić information content (AvgIpc) is 3.03. The number of esters is 1. The Kier molecular flexibility index (Phi) is 4.43. The van der Waals surface area contributed by atoms with E-state index in [2.05, 4.69) is 10.3 Å². The molecule has 24 heavy (non-hydrogen) atoms. The standard InChI is InChI=1S/C16H10ClFN2O4/c17-11-6-10(2-3-12(11)18)20-15(21)7-23-16(22)9-1-4-13-14(5-9)24-8-19-13/h1-6,8H,7H2,(H,20,21). The van der Waals surface area contributed by atoms with Gasteiger partial charge >= 0.3 is 5.97 Å². The first-order valence-corrected chi connectivity index (χ1v) is 7.16. The number of amides is 1. The van der Waals surface area contributed by atoms with Crippen LogP contribution in [-0.4, -0.2) is 23.5 Å². The van der Waals surface area contributed by atoms with Gasteiger partial charge in [0.2, 0.25) is 0 Å². The monoisotopic (exact) mass is 348 g/mol. The lowest BCUT2D eigenvalue weighted by atomic mass is 10.2. The molecule has 8 heteroatoms. The predicted molar refractivity (Wildman–Crippen MR) is 84.3 cm³/mol. The first kappa shape index (κ1) is 15.9. The number of hydrogen-bond donors (Lipinski definition) is 1. The van der Waals surface area contributed by atoms with Crippen molar-refractivity contribution in [3.63, 3.8) is 0 Å². The highest BCUT2D eigenvalue weighted by atomic mass is 35.5. The number of carbonyl (C=O) groups is 2. The number of hydrogen-bond acceptors (Lipinski definition) is 5. The lowest BCUT2D eigenvalue weighted by Crippen LogP contribution is -2.20. The molecule has 0 saturated heterocycles. The molecule has 1 aromatic heterocycles. The van der Waals surface area contributed by atoms with Gasteiger partial charge in [0, 0.05) is 5.69 Å². The summed E-state index contributed by atoms with van der Waals surface area (Å²) in [6, 6.07) is 8.33. The third-order valence-electron chi connectivity index (χ3n) is 3.10. The molecule has 0 radical (unpaired) electrons. The van der Waals surface area contributed by atoms with Crippen molar-refractivity contribution in [2.24, 2.45) is 0 Å². The van der Waals surface area contributed by atoms with Crippen LogP contribution in [0.25, 0.3) is 11.1 Å². The minimum atomic E-state index is -0.680. The zero-order chi connectivity index (χ0) is 17.1. The highest BCUT2D eigenvalue weighted by molar-refractivity contribution is 6.31. The van der Waals surface area contributed by atoms with Gasteiger partial charge in [-0.1, -0.05) is 11.6 Å². The molecule has 2 aromatic carbocycles. The molecule has 6 nitrogen and oxygen atoms in total. The van der Waals surface area contributed by atoms with Crippen LogP contribution in [-0.2, 0) is 9.53 Å². The maximum atomic E-state index is 13.0. The Morgan fingerprint density at radius 1 is 1.25 bits per heavy atom. The van der Waals surface area contributed by atoms with Crippen molar-refractivity contribution in [1.29, 1.82) is 0 Å². The summed E-state index contributed by atoms with van der Waals surface area (Å²) in [5, 5.41) is 2.33. The first-order valence-electron chi connectivity index (χ1n) is 6.78. The van der Waals surface area contributed by atoms with Crippen LogP contribution in [0.4, 0.5) is 10.1 Å². The Morgan fingerprint density at radius 2 is 2.08 bits per heavy atom. The molecular weight excluding hydrogens is 339 g/mol. The SMILES string of the molecule is O=C(COC(=O)c1ccc2ncoc2c1)Nc1ccc(F)c(Cl)c1. The van der Waals surface area contributed by atoms with Gasteiger partial charge in [-0.2, -0.15) is 0 Å². The van der Waals surface area contributed by atoms with E-state index >= 15 is 0 Å². The summed E-state index contributed by atoms with van der Waals surface area (Å²) in [7, 11) is 0. The maximum absolute atomic E-state index is 13.0. The van der Waals surface area contributed by atoms with Crippen LogP contribution in [0.5, 0.6) is 0 Å². The highest BCUT2D eigenvalue weighted by Gasteiger charge is 2.12. The molecule has 0 atom stereocenters. The molecule has 1 amide bonds. The second kappa shape index (κ2) is 6.67. The van der Waals surface area contributed by atoms with Crippen LogP contribution in [0.3, 0.4) is 0 Å². The maximum Gasteiger partial charge on any atom is 0.338 e. The number of nitrogens with zero attached hydrogens (tertiary/aromatic N) is 1. The Labute approximate surface area is 140 Å². The summed E-state index contributed by atoms with van der Waals surface area (Å²) in [4.78, 5) is 27.6. The van der Waals surface area contributed by atoms with Gasteiger partial charge in [0.05, 0.1) is 10.6 Å². The second-order valence-corrected chi connectivity index (χ2v) is 5.20. The molecule has 0 aliphatic rings. The number of carbonyl (C=O) groups excluding carboxylic acids is 2. The molecular formula is C16H10ClFN2O4. The van der Waals surface area contributed by atoms with Crippen molar-refractivity contribution in [1.82, 2.24) is 4.98 Å². The number of anilines is 1. The number of ether oxygens (including phenoxy) is 1. The Morgan fingerprint density at radius 3 is 2.88 bits per heavy atom. The lowest BCUT2D eigenvalue weighted by molar-refractivity contribution is -0.119. The Hall–Kier alpha value is -2.93. The number of oxazole rings is 1. The number of fused-ring (bicyclic) bond motifs is 1. The lowest BCUT2D eigenvalue weighted by Gasteiger charge is -2.07. The quantitative estimate of drug-likeness (QED) is 0.731. The van der Waals surface area contributed by atoms with Crippen LogP contribution in [0.15, 0.2) is 47.2 Å². The zero-order valence-electron chi connectivity index (χ0n) is 12.1. The van der Waals surface area contributed by atoms with Crippen LogP contribution in [0.2, 0.25) is 5.02 Å². The summed E-state index contributed by atoms with van der Waals surface area (Å²) in [5.41, 5.74) is 1.58. The smallest absolute Gasteiger partial charge is 0.338 e. The second-order valence-electron chi connectivity index (χ2n) is 4.79. The Balaban J connectivity index is 1.58. The van der Waals surface area contributed by atoms with Crippen molar-refractivity contribution in [2.45, 2.75) is 0 Å². The van der Waals surface area contributed by atoms with Gasteiger partial charge in [-0.3, -0.25) is 4.79 Å². The fourth-order valence-corrected chi connectivity index (χ4v) is 2.15. The third-order valence-corrected chi connectivity index (χ3v) is 3.39. The van der Waals surface area contributed by atoms with Gasteiger partial charge in [0.15, 0.2) is 18.6 Å². The number of halogens is 2. The first-order chi connectivity index (χ1) is 11.5. The summed E-state index contributed by atoms with van der Waals surface area (Å²) in [5.74, 6) is -1.85. The van der Waals surface area contributed by atoms with Crippen LogP contribution >= 0.6 is 11.6 Å². The van der Waals surface area contributed by atoms with E-state index in [1.807, 2.05) is 0 Å². The van der Waals surface area contributed by atoms with Crippen molar-refractivity contribution < 1.29 is 23.1 Å². The number of nitrogens with one attached hydrogen (secondary N) is 1.